The van der Waals surface area contributed by atoms with E-state index in [0.717, 1.165) is 42.4 Å². The summed E-state index contributed by atoms with van der Waals surface area (Å²) in [5.74, 6) is 0.910. The highest BCUT2D eigenvalue weighted by Crippen LogP contribution is 2.35. The summed E-state index contributed by atoms with van der Waals surface area (Å²) in [5, 5.41) is 9.84. The minimum absolute atomic E-state index is 0.487. The molecule has 4 nitrogen and oxygen atoms in total. The first-order valence-corrected chi connectivity index (χ1v) is 7.43. The largest absolute Gasteiger partial charge is 0.491 e. The van der Waals surface area contributed by atoms with Crippen molar-refractivity contribution in [2.45, 2.75) is 25.9 Å². The summed E-state index contributed by atoms with van der Waals surface area (Å²) in [6, 6.07) is 12.0. The van der Waals surface area contributed by atoms with Crippen molar-refractivity contribution in [1.29, 1.82) is 0 Å². The third-order valence-corrected chi connectivity index (χ3v) is 3.75. The zero-order valence-electron chi connectivity index (χ0n) is 12.2. The summed E-state index contributed by atoms with van der Waals surface area (Å²) in [4.78, 5) is 6.62. The molecule has 2 heterocycles. The van der Waals surface area contributed by atoms with Crippen molar-refractivity contribution in [2.75, 3.05) is 18.1 Å². The van der Waals surface area contributed by atoms with Crippen molar-refractivity contribution < 1.29 is 9.84 Å². The van der Waals surface area contributed by atoms with Gasteiger partial charge in [-0.15, -0.1) is 0 Å². The summed E-state index contributed by atoms with van der Waals surface area (Å²) in [5.41, 5.74) is 2.82. The van der Waals surface area contributed by atoms with E-state index in [1.807, 2.05) is 43.5 Å². The second-order valence-electron chi connectivity index (χ2n) is 5.19. The molecule has 4 heteroatoms. The number of anilines is 2. The van der Waals surface area contributed by atoms with Crippen LogP contribution in [0.5, 0.6) is 5.75 Å². The van der Waals surface area contributed by atoms with Crippen LogP contribution in [0.25, 0.3) is 0 Å². The van der Waals surface area contributed by atoms with Crippen molar-refractivity contribution in [2.24, 2.45) is 0 Å². The molecule has 1 aromatic carbocycles. The molecule has 1 atom stereocenters. The molecular formula is C17H20N2O2. The number of benzene rings is 1. The van der Waals surface area contributed by atoms with Gasteiger partial charge in [0.25, 0.3) is 0 Å². The van der Waals surface area contributed by atoms with Crippen LogP contribution in [-0.2, 0) is 0 Å². The van der Waals surface area contributed by atoms with Gasteiger partial charge in [-0.25, -0.2) is 0 Å². The molecule has 21 heavy (non-hydrogen) atoms. The van der Waals surface area contributed by atoms with Crippen molar-refractivity contribution in [1.82, 2.24) is 4.98 Å². The molecular weight excluding hydrogens is 264 g/mol. The number of aliphatic hydroxyl groups excluding tert-OH is 1. The smallest absolute Gasteiger partial charge is 0.142 e. The van der Waals surface area contributed by atoms with Crippen LogP contribution >= 0.6 is 0 Å². The maximum Gasteiger partial charge on any atom is 0.142 e. The van der Waals surface area contributed by atoms with Crippen LogP contribution in [0.3, 0.4) is 0 Å². The molecule has 0 spiro atoms. The molecule has 0 aliphatic carbocycles. The molecule has 0 saturated heterocycles. The molecule has 0 fully saturated rings. The van der Waals surface area contributed by atoms with Gasteiger partial charge in [0.05, 0.1) is 36.0 Å². The topological polar surface area (TPSA) is 45.6 Å². The van der Waals surface area contributed by atoms with E-state index < -0.39 is 6.10 Å². The molecule has 0 bridgehead atoms. The molecule has 1 aromatic heterocycles. The predicted octanol–water partition coefficient (Wildman–Crippen LogP) is 3.45. The second kappa shape index (κ2) is 6.14. The Bertz CT molecular complexity index is 598. The highest BCUT2D eigenvalue weighted by Gasteiger charge is 2.18. The van der Waals surface area contributed by atoms with Gasteiger partial charge in [0, 0.05) is 6.54 Å². The van der Waals surface area contributed by atoms with Gasteiger partial charge in [-0.3, -0.25) is 4.98 Å². The Morgan fingerprint density at radius 2 is 2.14 bits per heavy atom. The van der Waals surface area contributed by atoms with Crippen LogP contribution < -0.4 is 9.64 Å². The van der Waals surface area contributed by atoms with Crippen LogP contribution in [-0.4, -0.2) is 23.2 Å². The average Bonchev–Trinajstić information content (AvgIpc) is 2.77. The zero-order chi connectivity index (χ0) is 14.7. The summed E-state index contributed by atoms with van der Waals surface area (Å²) in [6.07, 6.45) is 2.98. The number of aromatic nitrogens is 1. The summed E-state index contributed by atoms with van der Waals surface area (Å²) >= 11 is 0. The average molecular weight is 284 g/mol. The summed E-state index contributed by atoms with van der Waals surface area (Å²) in [7, 11) is 0. The Morgan fingerprint density at radius 1 is 1.29 bits per heavy atom. The Labute approximate surface area is 125 Å². The zero-order valence-corrected chi connectivity index (χ0v) is 12.2. The van der Waals surface area contributed by atoms with Gasteiger partial charge in [0.1, 0.15) is 5.75 Å². The standard InChI is InChI=1S/C17H20N2O2/c1-2-16(20)14-9-8-13(12-18-14)19-10-5-11-21-17-7-4-3-6-15(17)19/h3-4,6-9,12,16,20H,2,5,10-11H2,1H3. The lowest BCUT2D eigenvalue weighted by Crippen LogP contribution is -2.18. The number of nitrogens with zero attached hydrogens (tertiary/aromatic N) is 2. The van der Waals surface area contributed by atoms with Gasteiger partial charge >= 0.3 is 0 Å². The highest BCUT2D eigenvalue weighted by molar-refractivity contribution is 5.69. The van der Waals surface area contributed by atoms with E-state index in [1.165, 1.54) is 0 Å². The number of hydrogen-bond donors (Lipinski definition) is 1. The van der Waals surface area contributed by atoms with Crippen molar-refractivity contribution in [3.05, 3.63) is 48.3 Å². The van der Waals surface area contributed by atoms with Gasteiger partial charge in [-0.2, -0.15) is 0 Å². The molecule has 1 N–H and O–H groups in total. The number of ether oxygens (including phenoxy) is 1. The van der Waals surface area contributed by atoms with Crippen LogP contribution in [0.1, 0.15) is 31.6 Å². The molecule has 110 valence electrons. The monoisotopic (exact) mass is 284 g/mol. The third kappa shape index (κ3) is 2.85. The van der Waals surface area contributed by atoms with E-state index >= 15 is 0 Å². The van der Waals surface area contributed by atoms with Gasteiger partial charge in [0.15, 0.2) is 0 Å². The first kappa shape index (κ1) is 13.9. The number of para-hydroxylation sites is 2. The van der Waals surface area contributed by atoms with Crippen LogP contribution in [0.2, 0.25) is 0 Å². The van der Waals surface area contributed by atoms with Crippen LogP contribution in [0.15, 0.2) is 42.6 Å². The van der Waals surface area contributed by atoms with E-state index in [1.54, 1.807) is 0 Å². The molecule has 2 aromatic rings. The fourth-order valence-corrected chi connectivity index (χ4v) is 2.56. The number of aliphatic hydroxyl groups is 1. The first-order valence-electron chi connectivity index (χ1n) is 7.43. The molecule has 0 saturated carbocycles. The number of pyridine rings is 1. The fourth-order valence-electron chi connectivity index (χ4n) is 2.56. The number of fused-ring (bicyclic) bond motifs is 1. The van der Waals surface area contributed by atoms with E-state index in [-0.39, 0.29) is 0 Å². The van der Waals surface area contributed by atoms with Gasteiger partial charge in [-0.1, -0.05) is 19.1 Å². The van der Waals surface area contributed by atoms with Crippen LogP contribution in [0, 0.1) is 0 Å². The maximum absolute atomic E-state index is 9.84. The molecule has 1 aliphatic rings. The van der Waals surface area contributed by atoms with Gasteiger partial charge < -0.3 is 14.7 Å². The minimum atomic E-state index is -0.487. The van der Waals surface area contributed by atoms with Gasteiger partial charge in [-0.05, 0) is 37.1 Å². The SMILES string of the molecule is CCC(O)c1ccc(N2CCCOc3ccccc32)cn1. The molecule has 0 amide bonds. The third-order valence-electron chi connectivity index (χ3n) is 3.75. The Morgan fingerprint density at radius 3 is 2.90 bits per heavy atom. The number of rotatable bonds is 3. The Hall–Kier alpha value is -2.07. The molecule has 3 rings (SSSR count). The van der Waals surface area contributed by atoms with Crippen molar-refractivity contribution >= 4 is 11.4 Å². The Balaban J connectivity index is 1.93. The lowest BCUT2D eigenvalue weighted by Gasteiger charge is -2.23. The van der Waals surface area contributed by atoms with Gasteiger partial charge in [0.2, 0.25) is 0 Å². The first-order chi connectivity index (χ1) is 10.3. The Kier molecular flexibility index (Phi) is 4.06. The quantitative estimate of drug-likeness (QED) is 0.937. The normalized spacial score (nSPS) is 15.8. The summed E-state index contributed by atoms with van der Waals surface area (Å²) in [6.45, 7) is 3.57. The molecule has 0 radical (unpaired) electrons. The predicted molar refractivity (Wildman–Crippen MR) is 83.0 cm³/mol. The molecule has 1 aliphatic heterocycles. The summed E-state index contributed by atoms with van der Waals surface area (Å²) < 4.78 is 5.78. The minimum Gasteiger partial charge on any atom is -0.491 e. The lowest BCUT2D eigenvalue weighted by molar-refractivity contribution is 0.169. The van der Waals surface area contributed by atoms with E-state index in [4.69, 9.17) is 4.74 Å². The molecule has 1 unspecified atom stereocenters. The fraction of sp³-hybridized carbons (Fsp3) is 0.353. The van der Waals surface area contributed by atoms with Crippen molar-refractivity contribution in [3.63, 3.8) is 0 Å². The number of hydrogen-bond acceptors (Lipinski definition) is 4. The van der Waals surface area contributed by atoms with E-state index in [2.05, 4.69) is 16.0 Å². The second-order valence-corrected chi connectivity index (χ2v) is 5.19. The van der Waals surface area contributed by atoms with E-state index in [0.29, 0.717) is 6.42 Å². The van der Waals surface area contributed by atoms with Crippen molar-refractivity contribution in [3.8, 4) is 5.75 Å². The van der Waals surface area contributed by atoms with Crippen LogP contribution in [0.4, 0.5) is 11.4 Å². The highest BCUT2D eigenvalue weighted by atomic mass is 16.5. The van der Waals surface area contributed by atoms with E-state index in [9.17, 15) is 5.11 Å². The lowest BCUT2D eigenvalue weighted by atomic mass is 10.1. The maximum atomic E-state index is 9.84.